The van der Waals surface area contributed by atoms with Crippen molar-refractivity contribution in [3.8, 4) is 0 Å². The minimum atomic E-state index is -4.99. The van der Waals surface area contributed by atoms with Crippen molar-refractivity contribution >= 4 is 43.6 Å². The monoisotopic (exact) mass is 671 g/mol. The van der Waals surface area contributed by atoms with Crippen LogP contribution in [-0.4, -0.2) is 111 Å². The number of H-pyrrole nitrogens is 1. The van der Waals surface area contributed by atoms with Crippen molar-refractivity contribution in [3.05, 3.63) is 35.2 Å². The van der Waals surface area contributed by atoms with Crippen LogP contribution in [0.4, 0.5) is 5.82 Å². The van der Waals surface area contributed by atoms with Crippen LogP contribution in [-0.2, 0) is 36.7 Å². The number of aromatic amines is 1. The highest BCUT2D eigenvalue weighted by atomic mass is 31.2. The molecule has 7 rings (SSSR count). The molecule has 2 bridgehead atoms. The van der Waals surface area contributed by atoms with E-state index < -0.39 is 83.3 Å². The molecule has 4 unspecified atom stereocenters. The van der Waals surface area contributed by atoms with Gasteiger partial charge in [0.15, 0.2) is 35.1 Å². The van der Waals surface area contributed by atoms with E-state index in [-0.39, 0.29) is 34.0 Å². The number of imidazole rings is 2. The fraction of sp³-hybridized carbons (Fsp3) is 0.545. The van der Waals surface area contributed by atoms with Gasteiger partial charge in [0.25, 0.3) is 5.56 Å². The highest BCUT2D eigenvalue weighted by Crippen LogP contribution is 2.54. The van der Waals surface area contributed by atoms with Gasteiger partial charge in [-0.15, -0.1) is 0 Å². The molecule has 7 heterocycles. The second-order valence-corrected chi connectivity index (χ2v) is 14.1. The summed E-state index contributed by atoms with van der Waals surface area (Å²) in [5.41, 5.74) is 5.80. The van der Waals surface area contributed by atoms with Crippen molar-refractivity contribution in [2.24, 2.45) is 0 Å². The summed E-state index contributed by atoms with van der Waals surface area (Å²) >= 11 is 0. The molecule has 3 aliphatic rings. The zero-order chi connectivity index (χ0) is 31.8. The summed E-state index contributed by atoms with van der Waals surface area (Å²) in [6, 6.07) is 0. The van der Waals surface area contributed by atoms with Crippen LogP contribution in [0.3, 0.4) is 0 Å². The van der Waals surface area contributed by atoms with E-state index in [0.29, 0.717) is 0 Å². The zero-order valence-electron chi connectivity index (χ0n) is 23.4. The molecular formula is C22H27N9O12P2. The number of phosphoric ester groups is 1. The SMILES string of the molecule is Cc1nc2c(ncn2[C@@H]2O[C@@H]3COP(=O)(O)OC4[C@@H](COP(C)(=O)O[C@H]2C3O)O[C@@H](n2cnc3c(N)ncnc32)[C@H]4O)c(=O)[nH]1. The smallest absolute Gasteiger partial charge is 0.387 e. The van der Waals surface area contributed by atoms with Crippen LogP contribution >= 0.6 is 15.4 Å². The molecule has 21 nitrogen and oxygen atoms in total. The third-order valence-corrected chi connectivity index (χ3v) is 9.78. The Morgan fingerprint density at radius 2 is 1.60 bits per heavy atom. The Labute approximate surface area is 251 Å². The lowest BCUT2D eigenvalue weighted by atomic mass is 10.1. The van der Waals surface area contributed by atoms with Crippen molar-refractivity contribution in [2.45, 2.75) is 56.0 Å². The van der Waals surface area contributed by atoms with Gasteiger partial charge in [-0.2, -0.15) is 0 Å². The molecule has 0 spiro atoms. The number of nitrogens with zero attached hydrogens (tertiary/aromatic N) is 7. The first-order chi connectivity index (χ1) is 21.3. The third kappa shape index (κ3) is 5.38. The summed E-state index contributed by atoms with van der Waals surface area (Å²) in [7, 11) is -9.07. The van der Waals surface area contributed by atoms with Gasteiger partial charge in [-0.1, -0.05) is 0 Å². The number of anilines is 1. The number of phosphoric acid groups is 1. The van der Waals surface area contributed by atoms with E-state index in [9.17, 15) is 29.0 Å². The molecule has 3 fully saturated rings. The number of aliphatic hydroxyl groups excluding tert-OH is 2. The molecule has 45 heavy (non-hydrogen) atoms. The van der Waals surface area contributed by atoms with Crippen LogP contribution in [0.1, 0.15) is 18.3 Å². The lowest BCUT2D eigenvalue weighted by Gasteiger charge is -2.26. The Balaban J connectivity index is 1.21. The van der Waals surface area contributed by atoms with E-state index >= 15 is 0 Å². The van der Waals surface area contributed by atoms with Gasteiger partial charge in [-0.3, -0.25) is 32.1 Å². The highest BCUT2D eigenvalue weighted by molar-refractivity contribution is 7.53. The third-order valence-electron chi connectivity index (χ3n) is 7.55. The molecular weight excluding hydrogens is 644 g/mol. The molecule has 4 aromatic rings. The van der Waals surface area contributed by atoms with E-state index in [0.717, 1.165) is 6.66 Å². The van der Waals surface area contributed by atoms with Gasteiger partial charge in [0, 0.05) is 6.66 Å². The topological polar surface area (TPSA) is 283 Å². The summed E-state index contributed by atoms with van der Waals surface area (Å²) in [5, 5.41) is 22.3. The van der Waals surface area contributed by atoms with Crippen LogP contribution in [0.15, 0.2) is 23.8 Å². The molecule has 0 amide bonds. The second kappa shape index (κ2) is 11.0. The minimum Gasteiger partial charge on any atom is -0.387 e. The number of rotatable bonds is 2. The number of aliphatic hydroxyl groups is 2. The number of hydrogen-bond acceptors (Lipinski definition) is 17. The Bertz CT molecular complexity index is 1930. The lowest BCUT2D eigenvalue weighted by Crippen LogP contribution is -2.36. The Kier molecular flexibility index (Phi) is 7.42. The summed E-state index contributed by atoms with van der Waals surface area (Å²) in [6.07, 6.45) is -7.66. The van der Waals surface area contributed by atoms with E-state index in [1.807, 2.05) is 0 Å². The van der Waals surface area contributed by atoms with Crippen molar-refractivity contribution in [1.29, 1.82) is 0 Å². The summed E-state index contributed by atoms with van der Waals surface area (Å²) in [5.74, 6) is 0.339. The first-order valence-corrected chi connectivity index (χ1v) is 16.9. The molecule has 0 aromatic carbocycles. The van der Waals surface area contributed by atoms with Crippen molar-refractivity contribution < 1.29 is 51.8 Å². The number of nitrogens with one attached hydrogen (secondary N) is 1. The van der Waals surface area contributed by atoms with Crippen LogP contribution in [0, 0.1) is 6.92 Å². The standard InChI is InChI=1S/C22H27N9O12P2/c1-8-28-19-12(20(34)29-8)27-7-31(19)22-16-13(32)9(40-22)3-39-45(36,37)43-15-10(4-38-44(2,35)42-16)41-21(14(15)33)30-6-26-11-17(23)24-5-25-18(11)30/h5-7,9-10,13-16,21-22,32-33H,3-4H2,1-2H3,(H,36,37)(H2,23,24,25)(H,28,29,34)/t9-,10-,13?,14+,15?,16+,21-,22-,44?/m1/s1. The number of ether oxygens (including phenoxy) is 2. The van der Waals surface area contributed by atoms with Gasteiger partial charge in [0.1, 0.15) is 54.3 Å². The summed E-state index contributed by atoms with van der Waals surface area (Å²) in [6.45, 7) is 1.41. The first kappa shape index (κ1) is 30.5. The number of aromatic nitrogens is 8. The molecule has 242 valence electrons. The number of nitrogens with two attached hydrogens (primary N) is 1. The van der Waals surface area contributed by atoms with Gasteiger partial charge < -0.3 is 39.8 Å². The maximum Gasteiger partial charge on any atom is 0.472 e. The molecule has 0 saturated carbocycles. The zero-order valence-corrected chi connectivity index (χ0v) is 25.2. The number of nitrogen functional groups attached to an aromatic ring is 1. The quantitative estimate of drug-likeness (QED) is 0.161. The second-order valence-electron chi connectivity index (χ2n) is 10.6. The molecule has 0 aliphatic carbocycles. The first-order valence-electron chi connectivity index (χ1n) is 13.4. The molecule has 3 aliphatic heterocycles. The van der Waals surface area contributed by atoms with Gasteiger partial charge in [-0.25, -0.2) is 29.5 Å². The Morgan fingerprint density at radius 1 is 0.911 bits per heavy atom. The van der Waals surface area contributed by atoms with E-state index in [1.54, 1.807) is 6.92 Å². The average molecular weight is 671 g/mol. The van der Waals surface area contributed by atoms with Crippen molar-refractivity contribution in [2.75, 3.05) is 25.6 Å². The Hall–Kier alpha value is -3.20. The minimum absolute atomic E-state index is 0.0342. The maximum absolute atomic E-state index is 13.6. The Morgan fingerprint density at radius 3 is 2.38 bits per heavy atom. The predicted octanol–water partition coefficient (Wildman–Crippen LogP) is -0.893. The average Bonchev–Trinajstić information content (AvgIpc) is 3.72. The normalized spacial score (nSPS) is 37.7. The molecule has 3 saturated heterocycles. The number of aryl methyl sites for hydroxylation is 1. The van der Waals surface area contributed by atoms with Gasteiger partial charge in [-0.05, 0) is 6.92 Å². The summed E-state index contributed by atoms with van der Waals surface area (Å²) in [4.78, 5) is 46.1. The van der Waals surface area contributed by atoms with Gasteiger partial charge in [0.2, 0.25) is 0 Å². The number of fused-ring (bicyclic) bond motifs is 5. The summed E-state index contributed by atoms with van der Waals surface area (Å²) < 4.78 is 63.2. The van der Waals surface area contributed by atoms with Crippen molar-refractivity contribution in [1.82, 2.24) is 39.0 Å². The fourth-order valence-electron chi connectivity index (χ4n) is 5.50. The largest absolute Gasteiger partial charge is 0.472 e. The van der Waals surface area contributed by atoms with Crippen LogP contribution in [0.2, 0.25) is 0 Å². The van der Waals surface area contributed by atoms with Crippen molar-refractivity contribution in [3.63, 3.8) is 0 Å². The van der Waals surface area contributed by atoms with Crippen LogP contribution in [0.25, 0.3) is 22.3 Å². The van der Waals surface area contributed by atoms with Gasteiger partial charge >= 0.3 is 15.4 Å². The van der Waals surface area contributed by atoms with E-state index in [1.165, 1.54) is 28.1 Å². The molecule has 4 aromatic heterocycles. The van der Waals surface area contributed by atoms with Crippen LogP contribution < -0.4 is 11.3 Å². The number of hydrogen-bond donors (Lipinski definition) is 5. The molecule has 23 heteroatoms. The fourth-order valence-corrected chi connectivity index (χ4v) is 7.61. The van der Waals surface area contributed by atoms with Crippen LogP contribution in [0.5, 0.6) is 0 Å². The lowest BCUT2D eigenvalue weighted by molar-refractivity contribution is -0.0628. The maximum atomic E-state index is 13.6. The van der Waals surface area contributed by atoms with Gasteiger partial charge in [0.05, 0.1) is 25.9 Å². The molecule has 10 atom stereocenters. The predicted molar refractivity (Wildman–Crippen MR) is 147 cm³/mol. The highest BCUT2D eigenvalue weighted by Gasteiger charge is 2.53. The molecule has 0 radical (unpaired) electrons. The van der Waals surface area contributed by atoms with E-state index in [2.05, 4.69) is 29.9 Å². The molecule has 6 N–H and O–H groups in total. The van der Waals surface area contributed by atoms with E-state index in [4.69, 9.17) is 33.3 Å².